The summed E-state index contributed by atoms with van der Waals surface area (Å²) in [6.45, 7) is 22.1. The molecule has 0 aromatic heterocycles. The summed E-state index contributed by atoms with van der Waals surface area (Å²) in [5.41, 5.74) is 0.429. The average Bonchev–Trinajstić information content (AvgIpc) is 2.34. The van der Waals surface area contributed by atoms with Crippen molar-refractivity contribution in [2.75, 3.05) is 0 Å². The first-order valence-electron chi connectivity index (χ1n) is 9.26. The van der Waals surface area contributed by atoms with E-state index in [1.165, 1.54) is 0 Å². The van der Waals surface area contributed by atoms with E-state index in [0.717, 1.165) is 6.42 Å². The summed E-state index contributed by atoms with van der Waals surface area (Å²) in [7, 11) is -3.91. The van der Waals surface area contributed by atoms with Gasteiger partial charge in [0.2, 0.25) is 0 Å². The van der Waals surface area contributed by atoms with Crippen LogP contribution in [0.25, 0.3) is 0 Å². The zero-order valence-corrected chi connectivity index (χ0v) is 19.8. The van der Waals surface area contributed by atoms with Gasteiger partial charge in [0, 0.05) is 18.4 Å². The Morgan fingerprint density at radius 2 is 1.44 bits per heavy atom. The van der Waals surface area contributed by atoms with Gasteiger partial charge < -0.3 is 14.0 Å². The number of rotatable bonds is 5. The lowest BCUT2D eigenvalue weighted by Gasteiger charge is -2.43. The van der Waals surface area contributed by atoms with Crippen LogP contribution in [0.1, 0.15) is 54.4 Å². The molecule has 0 unspecified atom stereocenters. The molecule has 0 saturated carbocycles. The lowest BCUT2D eigenvalue weighted by molar-refractivity contribution is -0.133. The maximum absolute atomic E-state index is 11.6. The van der Waals surface area contributed by atoms with Gasteiger partial charge >= 0.3 is 5.97 Å². The van der Waals surface area contributed by atoms with Gasteiger partial charge in [-0.3, -0.25) is 0 Å². The first-order valence-corrected chi connectivity index (χ1v) is 15.1. The van der Waals surface area contributed by atoms with Crippen molar-refractivity contribution in [1.82, 2.24) is 0 Å². The van der Waals surface area contributed by atoms with Crippen LogP contribution >= 0.6 is 0 Å². The molecule has 1 aliphatic rings. The Morgan fingerprint density at radius 3 is 1.84 bits per heavy atom. The van der Waals surface area contributed by atoms with E-state index in [1.807, 2.05) is 6.08 Å². The minimum Gasteiger partial charge on any atom is -0.478 e. The van der Waals surface area contributed by atoms with Gasteiger partial charge in [-0.05, 0) is 42.3 Å². The maximum Gasteiger partial charge on any atom is 0.331 e. The molecule has 0 spiro atoms. The fourth-order valence-electron chi connectivity index (χ4n) is 2.43. The number of carboxylic acids is 1. The molecular weight excluding hydrogens is 348 g/mol. The van der Waals surface area contributed by atoms with Crippen LogP contribution in [0.15, 0.2) is 11.6 Å². The highest BCUT2D eigenvalue weighted by Gasteiger charge is 2.43. The van der Waals surface area contributed by atoms with Crippen molar-refractivity contribution in [3.63, 3.8) is 0 Å². The van der Waals surface area contributed by atoms with Crippen molar-refractivity contribution in [2.45, 2.75) is 103 Å². The zero-order chi connectivity index (χ0) is 19.8. The molecule has 6 heteroatoms. The number of carboxylic acid groups (broad SMARTS) is 1. The molecule has 0 fully saturated rings. The van der Waals surface area contributed by atoms with Crippen molar-refractivity contribution < 1.29 is 18.8 Å². The van der Waals surface area contributed by atoms with Gasteiger partial charge in [0.1, 0.15) is 0 Å². The van der Waals surface area contributed by atoms with Gasteiger partial charge in [-0.1, -0.05) is 41.5 Å². The minimum atomic E-state index is -1.96. The minimum absolute atomic E-state index is 0.0771. The number of aliphatic carboxylic acids is 1. The van der Waals surface area contributed by atoms with E-state index in [0.29, 0.717) is 12.0 Å². The Bertz CT molecular complexity index is 525. The topological polar surface area (TPSA) is 55.8 Å². The third-order valence-electron chi connectivity index (χ3n) is 6.12. The summed E-state index contributed by atoms with van der Waals surface area (Å²) in [6, 6.07) is 0. The normalized spacial score (nSPS) is 23.4. The lowest BCUT2D eigenvalue weighted by atomic mass is 9.95. The van der Waals surface area contributed by atoms with Gasteiger partial charge in [0.15, 0.2) is 16.6 Å². The second kappa shape index (κ2) is 7.29. The Labute approximate surface area is 156 Å². The molecule has 4 nitrogen and oxygen atoms in total. The predicted octanol–water partition coefficient (Wildman–Crippen LogP) is 5.57. The van der Waals surface area contributed by atoms with Crippen LogP contribution in [-0.2, 0) is 13.6 Å². The van der Waals surface area contributed by atoms with Crippen LogP contribution in [0.5, 0.6) is 0 Å². The van der Waals surface area contributed by atoms with Crippen molar-refractivity contribution in [1.29, 1.82) is 0 Å². The highest BCUT2D eigenvalue weighted by Crippen LogP contribution is 2.41. The van der Waals surface area contributed by atoms with Crippen LogP contribution in [0.2, 0.25) is 36.3 Å². The van der Waals surface area contributed by atoms with Gasteiger partial charge in [0.05, 0.1) is 12.2 Å². The van der Waals surface area contributed by atoms with E-state index in [4.69, 9.17) is 8.85 Å². The lowest BCUT2D eigenvalue weighted by Crippen LogP contribution is -2.48. The summed E-state index contributed by atoms with van der Waals surface area (Å²) in [4.78, 5) is 11.6. The van der Waals surface area contributed by atoms with E-state index < -0.39 is 22.6 Å². The fraction of sp³-hybridized carbons (Fsp3) is 0.842. The van der Waals surface area contributed by atoms with Gasteiger partial charge in [-0.2, -0.15) is 0 Å². The summed E-state index contributed by atoms with van der Waals surface area (Å²) in [5, 5.41) is 9.73. The highest BCUT2D eigenvalue weighted by molar-refractivity contribution is 6.74. The summed E-state index contributed by atoms with van der Waals surface area (Å²) in [6.07, 6.45) is 2.78. The van der Waals surface area contributed by atoms with E-state index in [-0.39, 0.29) is 22.3 Å². The molecule has 0 aliphatic heterocycles. The van der Waals surface area contributed by atoms with Gasteiger partial charge in [-0.25, -0.2) is 4.79 Å². The van der Waals surface area contributed by atoms with Crippen LogP contribution in [0.3, 0.4) is 0 Å². The highest BCUT2D eigenvalue weighted by atomic mass is 28.4. The van der Waals surface area contributed by atoms with E-state index in [1.54, 1.807) is 0 Å². The summed E-state index contributed by atoms with van der Waals surface area (Å²) < 4.78 is 13.0. The molecule has 1 N–H and O–H groups in total. The van der Waals surface area contributed by atoms with Crippen molar-refractivity contribution in [3.05, 3.63) is 11.6 Å². The quantitative estimate of drug-likeness (QED) is 0.627. The first-order chi connectivity index (χ1) is 11.0. The largest absolute Gasteiger partial charge is 0.478 e. The summed E-state index contributed by atoms with van der Waals surface area (Å²) in [5.74, 6) is -0.854. The second-order valence-electron chi connectivity index (χ2n) is 10.4. The maximum atomic E-state index is 11.6. The molecule has 0 saturated heterocycles. The Morgan fingerprint density at radius 1 is 1.00 bits per heavy atom. The van der Waals surface area contributed by atoms with Crippen LogP contribution in [-0.4, -0.2) is 39.9 Å². The summed E-state index contributed by atoms with van der Waals surface area (Å²) >= 11 is 0. The smallest absolute Gasteiger partial charge is 0.331 e. The Kier molecular flexibility index (Phi) is 6.59. The van der Waals surface area contributed by atoms with E-state index in [2.05, 4.69) is 67.7 Å². The molecule has 0 bridgehead atoms. The monoisotopic (exact) mass is 386 g/mol. The van der Waals surface area contributed by atoms with Crippen LogP contribution < -0.4 is 0 Å². The zero-order valence-electron chi connectivity index (χ0n) is 17.8. The van der Waals surface area contributed by atoms with Crippen LogP contribution in [0, 0.1) is 0 Å². The number of carbonyl (C=O) groups is 1. The Hall–Kier alpha value is -0.436. The molecule has 0 aromatic rings. The van der Waals surface area contributed by atoms with E-state index in [9.17, 15) is 9.90 Å². The molecule has 1 rings (SSSR count). The predicted molar refractivity (Wildman–Crippen MR) is 109 cm³/mol. The molecular formula is C19H38O4Si2. The van der Waals surface area contributed by atoms with Crippen molar-refractivity contribution >= 4 is 22.6 Å². The molecule has 146 valence electrons. The molecule has 0 heterocycles. The third kappa shape index (κ3) is 5.77. The molecule has 0 amide bonds. The molecule has 0 radical (unpaired) electrons. The molecule has 0 aromatic carbocycles. The number of hydrogen-bond acceptors (Lipinski definition) is 3. The van der Waals surface area contributed by atoms with E-state index >= 15 is 0 Å². The molecule has 25 heavy (non-hydrogen) atoms. The van der Waals surface area contributed by atoms with Gasteiger partial charge in [-0.15, -0.1) is 0 Å². The second-order valence-corrected chi connectivity index (χ2v) is 19.9. The van der Waals surface area contributed by atoms with Crippen molar-refractivity contribution in [2.24, 2.45) is 0 Å². The molecule has 1 aliphatic carbocycles. The SMILES string of the molecule is CC(C)(C)[Si](C)(C)O[C@@H]1CC(C(=O)O)=C[C@@H](O[Si](C)(C)C(C)(C)C)C1. The standard InChI is InChI=1S/C19H38O4Si2/c1-18(2,3)24(7,8)22-15-11-14(17(20)21)12-16(13-15)23-25(9,10)19(4,5)6/h11,15-16H,12-13H2,1-10H3,(H,20,21)/t15-,16-/m1/s1. The van der Waals surface area contributed by atoms with Crippen LogP contribution in [0.4, 0.5) is 0 Å². The molecule has 2 atom stereocenters. The average molecular weight is 387 g/mol. The third-order valence-corrected chi connectivity index (χ3v) is 15.2. The number of hydrogen-bond donors (Lipinski definition) is 1. The van der Waals surface area contributed by atoms with Crippen molar-refractivity contribution in [3.8, 4) is 0 Å². The fourth-order valence-corrected chi connectivity index (χ4v) is 5.07. The Balaban J connectivity index is 3.01. The van der Waals surface area contributed by atoms with Gasteiger partial charge in [0.25, 0.3) is 0 Å². The first kappa shape index (κ1) is 22.6.